The maximum Gasteiger partial charge on any atom is 0.0369 e. The maximum atomic E-state index is 2.39. The van der Waals surface area contributed by atoms with Gasteiger partial charge in [0.15, 0.2) is 0 Å². The number of rotatable bonds is 4. The van der Waals surface area contributed by atoms with Crippen LogP contribution in [0.25, 0.3) is 0 Å². The minimum atomic E-state index is 0.570. The monoisotopic (exact) mass is 209 g/mol. The van der Waals surface area contributed by atoms with Crippen molar-refractivity contribution in [3.8, 4) is 0 Å². The molecule has 0 aliphatic carbocycles. The fourth-order valence-corrected chi connectivity index (χ4v) is 2.03. The summed E-state index contributed by atoms with van der Waals surface area (Å²) < 4.78 is 0. The van der Waals surface area contributed by atoms with Gasteiger partial charge in [0.1, 0.15) is 0 Å². The van der Waals surface area contributed by atoms with Crippen molar-refractivity contribution in [3.63, 3.8) is 0 Å². The van der Waals surface area contributed by atoms with Crippen LogP contribution in [0.2, 0.25) is 0 Å². The molecule has 0 unspecified atom stereocenters. The second-order valence-electron chi connectivity index (χ2n) is 3.58. The Hall–Kier alpha value is -0.630. The molecule has 1 nitrogen and oxygen atoms in total. The molecule has 0 N–H and O–H groups in total. The Morgan fingerprint density at radius 2 is 1.79 bits per heavy atom. The highest BCUT2D eigenvalue weighted by Gasteiger charge is 2.07. The number of nitrogens with zero attached hydrogens (tertiary/aromatic N) is 1. The molecule has 0 atom stereocenters. The first-order chi connectivity index (χ1) is 6.69. The van der Waals surface area contributed by atoms with Gasteiger partial charge in [0.05, 0.1) is 0 Å². The highest BCUT2D eigenvalue weighted by molar-refractivity contribution is 7.98. The number of thioether (sulfide) groups is 1. The van der Waals surface area contributed by atoms with Gasteiger partial charge in [0.25, 0.3) is 0 Å². The predicted molar refractivity (Wildman–Crippen MR) is 66.4 cm³/mol. The first-order valence-electron chi connectivity index (χ1n) is 5.09. The van der Waals surface area contributed by atoms with Gasteiger partial charge in [-0.05, 0) is 51.3 Å². The van der Waals surface area contributed by atoms with E-state index in [4.69, 9.17) is 0 Å². The van der Waals surface area contributed by atoms with Gasteiger partial charge in [-0.1, -0.05) is 0 Å². The van der Waals surface area contributed by atoms with Gasteiger partial charge in [-0.2, -0.15) is 0 Å². The summed E-state index contributed by atoms with van der Waals surface area (Å²) in [5.41, 5.74) is 1.32. The van der Waals surface area contributed by atoms with Crippen molar-refractivity contribution in [2.45, 2.75) is 31.7 Å². The van der Waals surface area contributed by atoms with E-state index in [1.165, 1.54) is 10.6 Å². The SMILES string of the molecule is CCN(c1ccc(SC)cc1)C(C)C. The molecule has 0 radical (unpaired) electrons. The summed E-state index contributed by atoms with van der Waals surface area (Å²) in [6.45, 7) is 7.72. The van der Waals surface area contributed by atoms with Crippen molar-refractivity contribution in [1.29, 1.82) is 0 Å². The van der Waals surface area contributed by atoms with Crippen molar-refractivity contribution in [1.82, 2.24) is 0 Å². The van der Waals surface area contributed by atoms with Crippen molar-refractivity contribution >= 4 is 17.4 Å². The Morgan fingerprint density at radius 1 is 1.21 bits per heavy atom. The second-order valence-corrected chi connectivity index (χ2v) is 4.46. The lowest BCUT2D eigenvalue weighted by molar-refractivity contribution is 0.703. The summed E-state index contributed by atoms with van der Waals surface area (Å²) in [5.74, 6) is 0. The third-order valence-corrected chi connectivity index (χ3v) is 3.11. The second kappa shape index (κ2) is 5.30. The average molecular weight is 209 g/mol. The highest BCUT2D eigenvalue weighted by atomic mass is 32.2. The molecule has 14 heavy (non-hydrogen) atoms. The maximum absolute atomic E-state index is 2.39. The lowest BCUT2D eigenvalue weighted by Crippen LogP contribution is -2.30. The van der Waals surface area contributed by atoms with Gasteiger partial charge in [-0.25, -0.2) is 0 Å². The zero-order valence-electron chi connectivity index (χ0n) is 9.45. The third kappa shape index (κ3) is 2.68. The van der Waals surface area contributed by atoms with Crippen LogP contribution in [0.4, 0.5) is 5.69 Å². The zero-order chi connectivity index (χ0) is 10.6. The fraction of sp³-hybridized carbons (Fsp3) is 0.500. The Bertz CT molecular complexity index is 266. The van der Waals surface area contributed by atoms with Gasteiger partial charge in [-0.3, -0.25) is 0 Å². The third-order valence-electron chi connectivity index (χ3n) is 2.37. The van der Waals surface area contributed by atoms with E-state index in [-0.39, 0.29) is 0 Å². The molecule has 0 spiro atoms. The summed E-state index contributed by atoms with van der Waals surface area (Å²) in [4.78, 5) is 3.72. The molecule has 0 amide bonds. The van der Waals surface area contributed by atoms with E-state index in [9.17, 15) is 0 Å². The molecule has 2 heteroatoms. The molecule has 0 aliphatic rings. The summed E-state index contributed by atoms with van der Waals surface area (Å²) in [7, 11) is 0. The van der Waals surface area contributed by atoms with E-state index in [1.807, 2.05) is 0 Å². The van der Waals surface area contributed by atoms with Gasteiger partial charge >= 0.3 is 0 Å². The first kappa shape index (κ1) is 11.4. The lowest BCUT2D eigenvalue weighted by atomic mass is 10.2. The minimum absolute atomic E-state index is 0.570. The molecule has 0 aromatic heterocycles. The van der Waals surface area contributed by atoms with E-state index in [1.54, 1.807) is 11.8 Å². The molecular weight excluding hydrogens is 190 g/mol. The van der Waals surface area contributed by atoms with Crippen LogP contribution in [0.15, 0.2) is 29.2 Å². The largest absolute Gasteiger partial charge is 0.369 e. The van der Waals surface area contributed by atoms with Crippen LogP contribution in [-0.2, 0) is 0 Å². The normalized spacial score (nSPS) is 10.6. The summed E-state index contributed by atoms with van der Waals surface area (Å²) in [6.07, 6.45) is 2.11. The predicted octanol–water partition coefficient (Wildman–Crippen LogP) is 3.64. The topological polar surface area (TPSA) is 3.24 Å². The first-order valence-corrected chi connectivity index (χ1v) is 6.32. The van der Waals surface area contributed by atoms with Gasteiger partial charge < -0.3 is 4.90 Å². The van der Waals surface area contributed by atoms with Gasteiger partial charge in [-0.15, -0.1) is 11.8 Å². The quantitative estimate of drug-likeness (QED) is 0.696. The van der Waals surface area contributed by atoms with E-state index in [0.29, 0.717) is 6.04 Å². The summed E-state index contributed by atoms with van der Waals surface area (Å²) in [5, 5.41) is 0. The molecule has 1 aromatic carbocycles. The van der Waals surface area contributed by atoms with Crippen molar-refractivity contribution in [3.05, 3.63) is 24.3 Å². The molecule has 0 saturated carbocycles. The smallest absolute Gasteiger partial charge is 0.0369 e. The number of hydrogen-bond acceptors (Lipinski definition) is 2. The van der Waals surface area contributed by atoms with E-state index in [2.05, 4.69) is 56.2 Å². The van der Waals surface area contributed by atoms with Gasteiger partial charge in [0, 0.05) is 23.2 Å². The fourth-order valence-electron chi connectivity index (χ4n) is 1.62. The molecule has 0 bridgehead atoms. The molecule has 1 rings (SSSR count). The zero-order valence-corrected chi connectivity index (χ0v) is 10.3. The van der Waals surface area contributed by atoms with E-state index < -0.39 is 0 Å². The van der Waals surface area contributed by atoms with Crippen LogP contribution >= 0.6 is 11.8 Å². The van der Waals surface area contributed by atoms with Crippen LogP contribution < -0.4 is 4.90 Å². The number of hydrogen-bond donors (Lipinski definition) is 0. The van der Waals surface area contributed by atoms with E-state index >= 15 is 0 Å². The van der Waals surface area contributed by atoms with Crippen molar-refractivity contribution in [2.75, 3.05) is 17.7 Å². The Morgan fingerprint density at radius 3 is 2.14 bits per heavy atom. The van der Waals surface area contributed by atoms with Crippen molar-refractivity contribution < 1.29 is 0 Å². The molecular formula is C12H19NS. The number of anilines is 1. The Labute approximate surface area is 91.5 Å². The minimum Gasteiger partial charge on any atom is -0.369 e. The average Bonchev–Trinajstić information content (AvgIpc) is 2.19. The standard InChI is InChI=1S/C12H19NS/c1-5-13(10(2)3)11-6-8-12(14-4)9-7-11/h6-10H,5H2,1-4H3. The molecule has 0 saturated heterocycles. The van der Waals surface area contributed by atoms with Crippen LogP contribution in [0.5, 0.6) is 0 Å². The van der Waals surface area contributed by atoms with Crippen molar-refractivity contribution in [2.24, 2.45) is 0 Å². The molecule has 1 aromatic rings. The molecule has 78 valence electrons. The Balaban J connectivity index is 2.84. The van der Waals surface area contributed by atoms with Crippen LogP contribution in [0.1, 0.15) is 20.8 Å². The molecule has 0 fully saturated rings. The highest BCUT2D eigenvalue weighted by Crippen LogP contribution is 2.21. The lowest BCUT2D eigenvalue weighted by Gasteiger charge is -2.27. The number of benzene rings is 1. The molecule has 0 heterocycles. The van der Waals surface area contributed by atoms with Crippen LogP contribution in [0.3, 0.4) is 0 Å². The van der Waals surface area contributed by atoms with Crippen LogP contribution in [0, 0.1) is 0 Å². The van der Waals surface area contributed by atoms with Crippen LogP contribution in [-0.4, -0.2) is 18.8 Å². The summed E-state index contributed by atoms with van der Waals surface area (Å²) in [6, 6.07) is 9.35. The molecule has 0 aliphatic heterocycles. The van der Waals surface area contributed by atoms with E-state index in [0.717, 1.165) is 6.54 Å². The Kier molecular flexibility index (Phi) is 4.33. The van der Waals surface area contributed by atoms with Gasteiger partial charge in [0.2, 0.25) is 0 Å². The summed E-state index contributed by atoms with van der Waals surface area (Å²) >= 11 is 1.79.